The van der Waals surface area contributed by atoms with Crippen LogP contribution in [-0.4, -0.2) is 10.4 Å². The normalized spacial score (nSPS) is 12.9. The second-order valence-corrected chi connectivity index (χ2v) is 14.6. The van der Waals surface area contributed by atoms with Crippen molar-refractivity contribution in [3.05, 3.63) is 170 Å². The molecule has 1 aromatic heterocycles. The van der Waals surface area contributed by atoms with Gasteiger partial charge in [-0.15, -0.1) is 0 Å². The number of hydrogen-bond donors (Lipinski definition) is 0. The lowest BCUT2D eigenvalue weighted by Crippen LogP contribution is -2.38. The zero-order valence-electron chi connectivity index (χ0n) is 32.4. The van der Waals surface area contributed by atoms with Crippen molar-refractivity contribution in [2.24, 2.45) is 0 Å². The van der Waals surface area contributed by atoms with Crippen LogP contribution in [0.5, 0.6) is 0 Å². The van der Waals surface area contributed by atoms with Crippen molar-refractivity contribution in [2.45, 2.75) is 83.1 Å². The van der Waals surface area contributed by atoms with Crippen LogP contribution in [0.3, 0.4) is 0 Å². The second kappa shape index (κ2) is 13.7. The Bertz CT molecular complexity index is 2080. The zero-order chi connectivity index (χ0) is 36.9. The molecule has 2 heterocycles. The third-order valence-corrected chi connectivity index (χ3v) is 9.90. The molecule has 0 N–H and O–H groups in total. The number of rotatable bonds is 7. The molecule has 0 saturated carbocycles. The molecule has 0 fully saturated rings. The van der Waals surface area contributed by atoms with Crippen molar-refractivity contribution >= 4 is 17.2 Å². The van der Waals surface area contributed by atoms with Gasteiger partial charge in [-0.1, -0.05) is 76.9 Å². The highest BCUT2D eigenvalue weighted by Crippen LogP contribution is 2.39. The van der Waals surface area contributed by atoms with Crippen molar-refractivity contribution in [2.75, 3.05) is 9.80 Å². The summed E-state index contributed by atoms with van der Waals surface area (Å²) in [5, 5.41) is 0. The Kier molecular flexibility index (Phi) is 9.52. The Morgan fingerprint density at radius 3 is 1.31 bits per heavy atom. The summed E-state index contributed by atoms with van der Waals surface area (Å²) in [7, 11) is 0. The lowest BCUT2D eigenvalue weighted by Gasteiger charge is -2.29. The number of hydrogen-bond acceptors (Lipinski definition) is 3. The van der Waals surface area contributed by atoms with E-state index in [4.69, 9.17) is 0 Å². The first-order chi connectivity index (χ1) is 24.2. The minimum atomic E-state index is -0.0787. The van der Waals surface area contributed by atoms with E-state index in [0.29, 0.717) is 5.82 Å². The van der Waals surface area contributed by atoms with Gasteiger partial charge < -0.3 is 9.80 Å². The maximum atomic E-state index is 14.6. The van der Waals surface area contributed by atoms with Crippen LogP contribution in [0, 0.1) is 83.1 Å². The maximum Gasteiger partial charge on any atom is 0.340 e. The van der Waals surface area contributed by atoms with E-state index < -0.39 is 0 Å². The third-order valence-electron chi connectivity index (χ3n) is 9.90. The Labute approximate surface area is 304 Å². The number of aryl methyl sites for hydroxylation is 12. The number of imidazole rings is 1. The predicted octanol–water partition coefficient (Wildman–Crippen LogP) is 10.5. The van der Waals surface area contributed by atoms with E-state index in [0.717, 1.165) is 50.8 Å². The Balaban J connectivity index is 1.51. The number of nitrogens with zero attached hydrogens (tertiary/aromatic N) is 4. The molecule has 0 radical (unpaired) electrons. The van der Waals surface area contributed by atoms with Gasteiger partial charge >= 0.3 is 5.82 Å². The summed E-state index contributed by atoms with van der Waals surface area (Å²) in [6, 6.07) is 17.7. The van der Waals surface area contributed by atoms with Crippen LogP contribution in [0.4, 0.5) is 11.4 Å². The SMILES string of the molecule is Cc1cc(C)c(N2C=CN(c3c(C)cc(C)cc3C)C2=C/C=C/C(=O)c2n(-c3c(C)cc(C)cc3C)cc[n+]2-c2c(C)cc(C)cc2C)c(C)c1. The van der Waals surface area contributed by atoms with Gasteiger partial charge in [-0.25, -0.2) is 0 Å². The molecule has 51 heavy (non-hydrogen) atoms. The monoisotopic (exact) mass is 675 g/mol. The average molecular weight is 676 g/mol. The fourth-order valence-electron chi connectivity index (χ4n) is 8.44. The van der Waals surface area contributed by atoms with Gasteiger partial charge in [0.25, 0.3) is 5.78 Å². The Morgan fingerprint density at radius 2 is 0.902 bits per heavy atom. The summed E-state index contributed by atoms with van der Waals surface area (Å²) in [6.07, 6.45) is 14.0. The molecule has 4 aromatic carbocycles. The number of allylic oxidation sites excluding steroid dienone is 3. The molecule has 1 aliphatic rings. The number of carbonyl (C=O) groups excluding carboxylic acids is 1. The van der Waals surface area contributed by atoms with Crippen LogP contribution in [0.15, 0.2) is 97.4 Å². The first-order valence-corrected chi connectivity index (χ1v) is 17.8. The van der Waals surface area contributed by atoms with Crippen molar-refractivity contribution < 1.29 is 9.36 Å². The van der Waals surface area contributed by atoms with E-state index >= 15 is 0 Å². The van der Waals surface area contributed by atoms with Crippen LogP contribution < -0.4 is 14.4 Å². The van der Waals surface area contributed by atoms with Crippen LogP contribution in [0.1, 0.15) is 77.4 Å². The lowest BCUT2D eigenvalue weighted by atomic mass is 10.0. The minimum Gasteiger partial charge on any atom is -0.301 e. The van der Waals surface area contributed by atoms with Gasteiger partial charge in [0.2, 0.25) is 0 Å². The number of carbonyl (C=O) groups is 1. The second-order valence-electron chi connectivity index (χ2n) is 14.6. The molecule has 0 amide bonds. The van der Waals surface area contributed by atoms with Crippen LogP contribution in [0.2, 0.25) is 0 Å². The van der Waals surface area contributed by atoms with Crippen LogP contribution >= 0.6 is 0 Å². The van der Waals surface area contributed by atoms with Crippen LogP contribution in [-0.2, 0) is 0 Å². The van der Waals surface area contributed by atoms with Gasteiger partial charge in [0.1, 0.15) is 29.6 Å². The third kappa shape index (κ3) is 6.61. The molecule has 260 valence electrons. The molecular formula is C46H51N4O+. The molecule has 0 unspecified atom stereocenters. The topological polar surface area (TPSA) is 32.4 Å². The molecule has 5 heteroatoms. The fraction of sp³-hybridized carbons (Fsp3) is 0.261. The summed E-state index contributed by atoms with van der Waals surface area (Å²) in [4.78, 5) is 19.1. The van der Waals surface area contributed by atoms with Crippen molar-refractivity contribution in [1.29, 1.82) is 0 Å². The van der Waals surface area contributed by atoms with E-state index in [1.165, 1.54) is 44.5 Å². The standard InChI is InChI=1S/C46H51N4O/c1-28-20-32(5)42(33(6)21-28)47-16-17-48(43-34(7)22-29(2)23-35(43)8)41(47)15-13-14-40(51)46-49(44-36(9)24-30(3)25-37(44)10)18-19-50(46)45-38(11)26-31(4)27-39(45)12/h13-27H,1-12H3/q+1/b14-13+. The summed E-state index contributed by atoms with van der Waals surface area (Å²) in [6.45, 7) is 25.7. The van der Waals surface area contributed by atoms with Gasteiger partial charge in [0.15, 0.2) is 0 Å². The highest BCUT2D eigenvalue weighted by Gasteiger charge is 2.30. The van der Waals surface area contributed by atoms with E-state index in [9.17, 15) is 4.79 Å². The minimum absolute atomic E-state index is 0.0787. The molecule has 5 aromatic rings. The fourth-order valence-corrected chi connectivity index (χ4v) is 8.44. The average Bonchev–Trinajstić information content (AvgIpc) is 3.60. The summed E-state index contributed by atoms with van der Waals surface area (Å²) >= 11 is 0. The van der Waals surface area contributed by atoms with Gasteiger partial charge in [-0.3, -0.25) is 4.79 Å². The van der Waals surface area contributed by atoms with Crippen LogP contribution in [0.25, 0.3) is 11.4 Å². The van der Waals surface area contributed by atoms with E-state index in [1.54, 1.807) is 6.08 Å². The summed E-state index contributed by atoms with van der Waals surface area (Å²) in [5.41, 5.74) is 18.6. The maximum absolute atomic E-state index is 14.6. The highest BCUT2D eigenvalue weighted by atomic mass is 16.1. The molecule has 0 saturated heterocycles. The van der Waals surface area contributed by atoms with E-state index in [-0.39, 0.29) is 5.78 Å². The van der Waals surface area contributed by atoms with Gasteiger partial charge in [0.05, 0.1) is 11.4 Å². The van der Waals surface area contributed by atoms with Crippen molar-refractivity contribution in [3.63, 3.8) is 0 Å². The highest BCUT2D eigenvalue weighted by molar-refractivity contribution is 6.01. The summed E-state index contributed by atoms with van der Waals surface area (Å²) in [5.74, 6) is 1.47. The van der Waals surface area contributed by atoms with E-state index in [2.05, 4.69) is 169 Å². The number of aromatic nitrogens is 2. The van der Waals surface area contributed by atoms with E-state index in [1.807, 2.05) is 18.5 Å². The van der Waals surface area contributed by atoms with Gasteiger partial charge in [-0.05, 0) is 140 Å². The summed E-state index contributed by atoms with van der Waals surface area (Å²) < 4.78 is 4.13. The quantitative estimate of drug-likeness (QED) is 0.0978. The smallest absolute Gasteiger partial charge is 0.301 e. The lowest BCUT2D eigenvalue weighted by molar-refractivity contribution is -0.597. The first-order valence-electron chi connectivity index (χ1n) is 17.8. The first kappa shape index (κ1) is 35.4. The number of ketones is 1. The van der Waals surface area contributed by atoms with Gasteiger partial charge in [-0.2, -0.15) is 9.13 Å². The molecule has 0 bridgehead atoms. The van der Waals surface area contributed by atoms with Crippen molar-refractivity contribution in [3.8, 4) is 11.4 Å². The largest absolute Gasteiger partial charge is 0.340 e. The molecule has 1 aliphatic heterocycles. The number of benzene rings is 4. The molecule has 0 atom stereocenters. The number of anilines is 2. The molecule has 6 rings (SSSR count). The molecule has 0 aliphatic carbocycles. The predicted molar refractivity (Wildman–Crippen MR) is 213 cm³/mol. The molecule has 0 spiro atoms. The Hall–Kier alpha value is -5.42. The zero-order valence-corrected chi connectivity index (χ0v) is 32.4. The van der Waals surface area contributed by atoms with Crippen molar-refractivity contribution in [1.82, 2.24) is 4.57 Å². The van der Waals surface area contributed by atoms with Gasteiger partial charge in [0, 0.05) is 12.4 Å². The molecule has 5 nitrogen and oxygen atoms in total. The molecular weight excluding hydrogens is 625 g/mol. The Morgan fingerprint density at radius 1 is 0.529 bits per heavy atom.